The first-order chi connectivity index (χ1) is 17.3. The zero-order valence-electron chi connectivity index (χ0n) is 19.6. The van der Waals surface area contributed by atoms with Crippen molar-refractivity contribution in [2.75, 3.05) is 6.54 Å². The van der Waals surface area contributed by atoms with Crippen molar-refractivity contribution in [1.82, 2.24) is 35.2 Å². The zero-order chi connectivity index (χ0) is 23.2. The number of nitrogens with zero attached hydrogens (tertiary/aromatic N) is 3. The van der Waals surface area contributed by atoms with E-state index in [1.54, 1.807) is 0 Å². The lowest BCUT2D eigenvalue weighted by atomic mass is 10.1. The summed E-state index contributed by atoms with van der Waals surface area (Å²) in [6, 6.07) is 15.2. The van der Waals surface area contributed by atoms with E-state index in [1.165, 1.54) is 32.1 Å². The molecule has 1 atom stereocenters. The number of hydrogen-bond acceptors (Lipinski definition) is 4. The molecule has 1 aliphatic heterocycles. The van der Waals surface area contributed by atoms with Crippen LogP contribution in [0.3, 0.4) is 0 Å². The van der Waals surface area contributed by atoms with Gasteiger partial charge in [0.2, 0.25) is 0 Å². The molecule has 35 heavy (non-hydrogen) atoms. The van der Waals surface area contributed by atoms with Gasteiger partial charge < -0.3 is 20.3 Å². The van der Waals surface area contributed by atoms with Crippen molar-refractivity contribution in [2.24, 2.45) is 0 Å². The van der Waals surface area contributed by atoms with Crippen molar-refractivity contribution in [3.05, 3.63) is 66.5 Å². The van der Waals surface area contributed by atoms with Crippen LogP contribution in [0.2, 0.25) is 0 Å². The normalized spacial score (nSPS) is 18.7. The van der Waals surface area contributed by atoms with Crippen molar-refractivity contribution in [1.29, 1.82) is 0 Å². The SMILES string of the molecule is c1cc(-c2nc3ccc(-c4cnc(C5CCCN5)[nH]4)cc3[nH]2)ccc1-c1cnc(C2CCCC2)[nH]1. The maximum absolute atomic E-state index is 4.83. The van der Waals surface area contributed by atoms with Crippen LogP contribution in [-0.4, -0.2) is 36.4 Å². The molecule has 4 N–H and O–H groups in total. The molecule has 1 saturated heterocycles. The average Bonchev–Trinajstić information content (AvgIpc) is 3.73. The molecular weight excluding hydrogens is 434 g/mol. The summed E-state index contributed by atoms with van der Waals surface area (Å²) < 4.78 is 0. The molecule has 7 heteroatoms. The first kappa shape index (κ1) is 20.6. The van der Waals surface area contributed by atoms with Gasteiger partial charge in [-0.05, 0) is 49.9 Å². The molecule has 7 nitrogen and oxygen atoms in total. The van der Waals surface area contributed by atoms with Crippen molar-refractivity contribution in [3.63, 3.8) is 0 Å². The lowest BCUT2D eigenvalue weighted by Gasteiger charge is -2.05. The fourth-order valence-electron chi connectivity index (χ4n) is 5.59. The van der Waals surface area contributed by atoms with Gasteiger partial charge in [-0.2, -0.15) is 0 Å². The molecule has 1 saturated carbocycles. The number of H-pyrrole nitrogens is 3. The quantitative estimate of drug-likeness (QED) is 0.253. The van der Waals surface area contributed by atoms with E-state index >= 15 is 0 Å². The zero-order valence-corrected chi connectivity index (χ0v) is 19.6. The molecule has 0 spiro atoms. The highest BCUT2D eigenvalue weighted by Gasteiger charge is 2.21. The number of aromatic amines is 3. The third-order valence-corrected chi connectivity index (χ3v) is 7.59. The van der Waals surface area contributed by atoms with Crippen LogP contribution in [0.5, 0.6) is 0 Å². The summed E-state index contributed by atoms with van der Waals surface area (Å²) in [4.78, 5) is 24.7. The lowest BCUT2D eigenvalue weighted by molar-refractivity contribution is 0.613. The number of nitrogens with one attached hydrogen (secondary N) is 4. The highest BCUT2D eigenvalue weighted by atomic mass is 15.0. The van der Waals surface area contributed by atoms with E-state index in [9.17, 15) is 0 Å². The number of fused-ring (bicyclic) bond motifs is 1. The highest BCUT2D eigenvalue weighted by Crippen LogP contribution is 2.34. The smallest absolute Gasteiger partial charge is 0.138 e. The fraction of sp³-hybridized carbons (Fsp3) is 0.321. The topological polar surface area (TPSA) is 98.1 Å². The van der Waals surface area contributed by atoms with Gasteiger partial charge in [0.25, 0.3) is 0 Å². The Hall–Kier alpha value is -3.71. The van der Waals surface area contributed by atoms with Crippen LogP contribution in [0.1, 0.15) is 62.1 Å². The second kappa shape index (κ2) is 8.50. The maximum Gasteiger partial charge on any atom is 0.138 e. The molecule has 7 rings (SSSR count). The van der Waals surface area contributed by atoms with Gasteiger partial charge in [-0.3, -0.25) is 0 Å². The fourth-order valence-corrected chi connectivity index (χ4v) is 5.59. The van der Waals surface area contributed by atoms with E-state index < -0.39 is 0 Å². The average molecular weight is 464 g/mol. The first-order valence-corrected chi connectivity index (χ1v) is 12.7. The summed E-state index contributed by atoms with van der Waals surface area (Å²) in [5, 5.41) is 3.50. The Morgan fingerprint density at radius 3 is 2.20 bits per heavy atom. The van der Waals surface area contributed by atoms with Crippen molar-refractivity contribution >= 4 is 11.0 Å². The predicted octanol–water partition coefficient (Wildman–Crippen LogP) is 6.09. The first-order valence-electron chi connectivity index (χ1n) is 12.7. The van der Waals surface area contributed by atoms with E-state index in [4.69, 9.17) is 4.98 Å². The van der Waals surface area contributed by atoms with E-state index in [-0.39, 0.29) is 0 Å². The van der Waals surface area contributed by atoms with Crippen LogP contribution in [0, 0.1) is 0 Å². The Kier molecular flexibility index (Phi) is 5.01. The Morgan fingerprint density at radius 2 is 1.40 bits per heavy atom. The molecular formula is C28H29N7. The van der Waals surface area contributed by atoms with E-state index in [1.807, 2.05) is 12.4 Å². The molecule has 1 unspecified atom stereocenters. The number of aromatic nitrogens is 6. The van der Waals surface area contributed by atoms with Gasteiger partial charge in [0.15, 0.2) is 0 Å². The molecule has 2 aromatic carbocycles. The summed E-state index contributed by atoms with van der Waals surface area (Å²) in [7, 11) is 0. The molecule has 1 aliphatic carbocycles. The minimum absolute atomic E-state index is 0.338. The minimum atomic E-state index is 0.338. The Morgan fingerprint density at radius 1 is 0.686 bits per heavy atom. The minimum Gasteiger partial charge on any atom is -0.342 e. The van der Waals surface area contributed by atoms with Gasteiger partial charge in [0.05, 0.1) is 40.9 Å². The monoisotopic (exact) mass is 463 g/mol. The van der Waals surface area contributed by atoms with Crippen LogP contribution in [0.4, 0.5) is 0 Å². The maximum atomic E-state index is 4.83. The van der Waals surface area contributed by atoms with Crippen LogP contribution in [0.25, 0.3) is 44.9 Å². The molecule has 0 amide bonds. The van der Waals surface area contributed by atoms with Gasteiger partial charge >= 0.3 is 0 Å². The summed E-state index contributed by atoms with van der Waals surface area (Å²) in [5.41, 5.74) is 7.42. The summed E-state index contributed by atoms with van der Waals surface area (Å²) in [6.07, 6.45) is 11.4. The van der Waals surface area contributed by atoms with Crippen LogP contribution < -0.4 is 5.32 Å². The molecule has 2 aliphatic rings. The van der Waals surface area contributed by atoms with Gasteiger partial charge in [-0.15, -0.1) is 0 Å². The molecule has 4 heterocycles. The Bertz CT molecular complexity index is 1460. The molecule has 5 aromatic rings. The number of benzene rings is 2. The molecule has 2 fully saturated rings. The third kappa shape index (κ3) is 3.86. The molecule has 3 aromatic heterocycles. The molecule has 176 valence electrons. The van der Waals surface area contributed by atoms with Gasteiger partial charge in [-0.25, -0.2) is 15.0 Å². The molecule has 0 bridgehead atoms. The number of hydrogen-bond donors (Lipinski definition) is 4. The molecule has 0 radical (unpaired) electrons. The lowest BCUT2D eigenvalue weighted by Crippen LogP contribution is -2.14. The number of imidazole rings is 3. The predicted molar refractivity (Wildman–Crippen MR) is 138 cm³/mol. The summed E-state index contributed by atoms with van der Waals surface area (Å²) >= 11 is 0. The van der Waals surface area contributed by atoms with E-state index in [0.29, 0.717) is 12.0 Å². The van der Waals surface area contributed by atoms with Crippen molar-refractivity contribution in [2.45, 2.75) is 50.5 Å². The Labute approximate surface area is 203 Å². The van der Waals surface area contributed by atoms with Crippen molar-refractivity contribution in [3.8, 4) is 33.9 Å². The standard InChI is InChI=1S/C28H29N7/c1-2-5-18(4-1)26-30-15-24(34-26)17-7-9-19(10-8-17)27-32-21-12-11-20(14-23(21)33-27)25-16-31-28(35-25)22-6-3-13-29-22/h7-12,14-16,18,22,29H,1-6,13H2,(H,30,34)(H,31,35)(H,32,33). The van der Waals surface area contributed by atoms with Gasteiger partial charge in [0.1, 0.15) is 17.5 Å². The van der Waals surface area contributed by atoms with Crippen LogP contribution >= 0.6 is 0 Å². The van der Waals surface area contributed by atoms with E-state index in [0.717, 1.165) is 69.6 Å². The largest absolute Gasteiger partial charge is 0.342 e. The van der Waals surface area contributed by atoms with E-state index in [2.05, 4.69) is 72.7 Å². The number of rotatable bonds is 5. The summed E-state index contributed by atoms with van der Waals surface area (Å²) in [6.45, 7) is 1.06. The second-order valence-corrected chi connectivity index (χ2v) is 9.89. The highest BCUT2D eigenvalue weighted by molar-refractivity contribution is 5.84. The van der Waals surface area contributed by atoms with Crippen LogP contribution in [0.15, 0.2) is 54.9 Å². The van der Waals surface area contributed by atoms with Gasteiger partial charge in [-0.1, -0.05) is 43.2 Å². The van der Waals surface area contributed by atoms with Crippen LogP contribution in [-0.2, 0) is 0 Å². The van der Waals surface area contributed by atoms with Crippen molar-refractivity contribution < 1.29 is 0 Å². The Balaban J connectivity index is 1.12. The van der Waals surface area contributed by atoms with Gasteiger partial charge in [0, 0.05) is 17.0 Å². The summed E-state index contributed by atoms with van der Waals surface area (Å²) in [5.74, 6) is 3.63. The third-order valence-electron chi connectivity index (χ3n) is 7.59. The second-order valence-electron chi connectivity index (χ2n) is 9.89.